The van der Waals surface area contributed by atoms with Gasteiger partial charge in [-0.3, -0.25) is 0 Å². The number of esters is 1. The summed E-state index contributed by atoms with van der Waals surface area (Å²) in [6.45, 7) is 0.715. The standard InChI is InChI=1S/C14H15ClN2O3/c1-19-14(18)13-10-8-9(15)5-6-11(10)17(16-13)12-4-2-3-7-20-12/h5-6,8,12H,2-4,7H2,1H3. The van der Waals surface area contributed by atoms with Gasteiger partial charge in [-0.05, 0) is 37.5 Å². The molecule has 0 bridgehead atoms. The first-order chi connectivity index (χ1) is 9.70. The molecule has 0 saturated carbocycles. The zero-order chi connectivity index (χ0) is 14.1. The van der Waals surface area contributed by atoms with Crippen molar-refractivity contribution in [2.45, 2.75) is 25.5 Å². The molecular formula is C14H15ClN2O3. The van der Waals surface area contributed by atoms with Crippen LogP contribution in [0.15, 0.2) is 18.2 Å². The molecule has 5 nitrogen and oxygen atoms in total. The van der Waals surface area contributed by atoms with Crippen molar-refractivity contribution in [2.24, 2.45) is 0 Å². The molecule has 6 heteroatoms. The highest BCUT2D eigenvalue weighted by Crippen LogP contribution is 2.29. The highest BCUT2D eigenvalue weighted by atomic mass is 35.5. The Morgan fingerprint density at radius 2 is 2.35 bits per heavy atom. The van der Waals surface area contributed by atoms with E-state index >= 15 is 0 Å². The van der Waals surface area contributed by atoms with E-state index in [4.69, 9.17) is 21.1 Å². The molecule has 2 aromatic rings. The molecule has 1 saturated heterocycles. The molecule has 1 aliphatic rings. The van der Waals surface area contributed by atoms with Gasteiger partial charge in [-0.2, -0.15) is 5.10 Å². The maximum atomic E-state index is 11.9. The quantitative estimate of drug-likeness (QED) is 0.798. The van der Waals surface area contributed by atoms with Gasteiger partial charge in [0.2, 0.25) is 0 Å². The van der Waals surface area contributed by atoms with Crippen molar-refractivity contribution in [1.29, 1.82) is 0 Å². The summed E-state index contributed by atoms with van der Waals surface area (Å²) < 4.78 is 12.3. The van der Waals surface area contributed by atoms with Gasteiger partial charge in [0.05, 0.1) is 12.6 Å². The first-order valence-electron chi connectivity index (χ1n) is 6.58. The Kier molecular flexibility index (Phi) is 3.63. The largest absolute Gasteiger partial charge is 0.464 e. The van der Waals surface area contributed by atoms with Gasteiger partial charge in [0.1, 0.15) is 0 Å². The lowest BCUT2D eigenvalue weighted by atomic mass is 10.1. The van der Waals surface area contributed by atoms with E-state index in [1.54, 1.807) is 16.8 Å². The number of halogens is 1. The van der Waals surface area contributed by atoms with Gasteiger partial charge in [-0.15, -0.1) is 0 Å². The molecule has 20 heavy (non-hydrogen) atoms. The molecule has 0 aliphatic carbocycles. The van der Waals surface area contributed by atoms with E-state index in [1.807, 2.05) is 6.07 Å². The lowest BCUT2D eigenvalue weighted by molar-refractivity contribution is -0.0369. The third-order valence-electron chi connectivity index (χ3n) is 3.48. The first-order valence-corrected chi connectivity index (χ1v) is 6.96. The molecular weight excluding hydrogens is 280 g/mol. The number of aromatic nitrogens is 2. The van der Waals surface area contributed by atoms with E-state index in [0.29, 0.717) is 17.0 Å². The molecule has 1 unspecified atom stereocenters. The highest BCUT2D eigenvalue weighted by Gasteiger charge is 2.24. The van der Waals surface area contributed by atoms with Crippen LogP contribution in [0.2, 0.25) is 5.02 Å². The Balaban J connectivity index is 2.14. The lowest BCUT2D eigenvalue weighted by Gasteiger charge is -2.23. The van der Waals surface area contributed by atoms with Gasteiger partial charge >= 0.3 is 5.97 Å². The van der Waals surface area contributed by atoms with E-state index in [2.05, 4.69) is 5.10 Å². The summed E-state index contributed by atoms with van der Waals surface area (Å²) in [6, 6.07) is 5.37. The Bertz CT molecular complexity index is 647. The minimum atomic E-state index is -0.466. The van der Waals surface area contributed by atoms with Crippen LogP contribution >= 0.6 is 11.6 Å². The number of nitrogens with zero attached hydrogens (tertiary/aromatic N) is 2. The number of carbonyl (C=O) groups is 1. The van der Waals surface area contributed by atoms with Crippen LogP contribution < -0.4 is 0 Å². The van der Waals surface area contributed by atoms with E-state index in [0.717, 1.165) is 24.8 Å². The van der Waals surface area contributed by atoms with Crippen LogP contribution in [0.3, 0.4) is 0 Å². The zero-order valence-corrected chi connectivity index (χ0v) is 11.9. The molecule has 2 heterocycles. The van der Waals surface area contributed by atoms with Crippen molar-refractivity contribution in [2.75, 3.05) is 13.7 Å². The van der Waals surface area contributed by atoms with Crippen molar-refractivity contribution in [3.8, 4) is 0 Å². The molecule has 0 amide bonds. The van der Waals surface area contributed by atoms with Crippen LogP contribution in [0, 0.1) is 0 Å². The molecule has 1 aromatic carbocycles. The smallest absolute Gasteiger partial charge is 0.359 e. The van der Waals surface area contributed by atoms with Gasteiger partial charge < -0.3 is 9.47 Å². The van der Waals surface area contributed by atoms with Crippen molar-refractivity contribution in [3.05, 3.63) is 28.9 Å². The number of methoxy groups -OCH3 is 1. The maximum Gasteiger partial charge on any atom is 0.359 e. The van der Waals surface area contributed by atoms with Gasteiger partial charge in [-0.1, -0.05) is 11.6 Å². The second-order valence-corrected chi connectivity index (χ2v) is 5.20. The summed E-state index contributed by atoms with van der Waals surface area (Å²) in [5.74, 6) is -0.466. The molecule has 1 atom stereocenters. The number of benzene rings is 1. The molecule has 1 aliphatic heterocycles. The Hall–Kier alpha value is -1.59. The number of rotatable bonds is 2. The number of hydrogen-bond acceptors (Lipinski definition) is 4. The number of ether oxygens (including phenoxy) is 2. The minimum absolute atomic E-state index is 0.133. The zero-order valence-electron chi connectivity index (χ0n) is 11.1. The van der Waals surface area contributed by atoms with Crippen LogP contribution in [-0.2, 0) is 9.47 Å². The van der Waals surface area contributed by atoms with Gasteiger partial charge in [-0.25, -0.2) is 9.48 Å². The monoisotopic (exact) mass is 294 g/mol. The van der Waals surface area contributed by atoms with Crippen LogP contribution in [0.1, 0.15) is 36.0 Å². The molecule has 0 radical (unpaired) electrons. The third-order valence-corrected chi connectivity index (χ3v) is 3.71. The van der Waals surface area contributed by atoms with Crippen molar-refractivity contribution in [3.63, 3.8) is 0 Å². The third kappa shape index (κ3) is 2.27. The van der Waals surface area contributed by atoms with Crippen LogP contribution in [0.25, 0.3) is 10.9 Å². The first kappa shape index (κ1) is 13.4. The lowest BCUT2D eigenvalue weighted by Crippen LogP contribution is -2.19. The molecule has 1 fully saturated rings. The van der Waals surface area contributed by atoms with Crippen LogP contribution in [-0.4, -0.2) is 29.5 Å². The molecule has 106 valence electrons. The summed E-state index contributed by atoms with van der Waals surface area (Å²) in [6.07, 6.45) is 2.91. The molecule has 0 N–H and O–H groups in total. The number of fused-ring (bicyclic) bond motifs is 1. The van der Waals surface area contributed by atoms with Gasteiger partial charge in [0.25, 0.3) is 0 Å². The van der Waals surface area contributed by atoms with E-state index in [1.165, 1.54) is 7.11 Å². The molecule has 1 aromatic heterocycles. The Labute approximate surface area is 121 Å². The van der Waals surface area contributed by atoms with E-state index in [-0.39, 0.29) is 11.9 Å². The van der Waals surface area contributed by atoms with Crippen molar-refractivity contribution >= 4 is 28.5 Å². The molecule has 3 rings (SSSR count). The predicted molar refractivity (Wildman–Crippen MR) is 74.9 cm³/mol. The van der Waals surface area contributed by atoms with E-state index < -0.39 is 5.97 Å². The summed E-state index contributed by atoms with van der Waals surface area (Å²) in [5, 5.41) is 5.64. The fraction of sp³-hybridized carbons (Fsp3) is 0.429. The number of hydrogen-bond donors (Lipinski definition) is 0. The van der Waals surface area contributed by atoms with Crippen LogP contribution in [0.4, 0.5) is 0 Å². The Morgan fingerprint density at radius 3 is 3.05 bits per heavy atom. The van der Waals surface area contributed by atoms with Crippen LogP contribution in [0.5, 0.6) is 0 Å². The summed E-state index contributed by atoms with van der Waals surface area (Å²) >= 11 is 6.01. The second-order valence-electron chi connectivity index (χ2n) is 4.77. The summed E-state index contributed by atoms with van der Waals surface area (Å²) in [7, 11) is 1.34. The van der Waals surface area contributed by atoms with Crippen molar-refractivity contribution < 1.29 is 14.3 Å². The fourth-order valence-corrected chi connectivity index (χ4v) is 2.67. The molecule has 0 spiro atoms. The fourth-order valence-electron chi connectivity index (χ4n) is 2.50. The minimum Gasteiger partial charge on any atom is -0.464 e. The van der Waals surface area contributed by atoms with Crippen molar-refractivity contribution in [1.82, 2.24) is 9.78 Å². The normalized spacial score (nSPS) is 19.2. The summed E-state index contributed by atoms with van der Waals surface area (Å²) in [5.41, 5.74) is 1.11. The van der Waals surface area contributed by atoms with Gasteiger partial charge in [0.15, 0.2) is 11.9 Å². The van der Waals surface area contributed by atoms with E-state index in [9.17, 15) is 4.79 Å². The average molecular weight is 295 g/mol. The number of carbonyl (C=O) groups excluding carboxylic acids is 1. The predicted octanol–water partition coefficient (Wildman–Crippen LogP) is 3.18. The second kappa shape index (κ2) is 5.42. The summed E-state index contributed by atoms with van der Waals surface area (Å²) in [4.78, 5) is 11.9. The van der Waals surface area contributed by atoms with Gasteiger partial charge in [0, 0.05) is 17.0 Å². The maximum absolute atomic E-state index is 11.9. The topological polar surface area (TPSA) is 53.3 Å². The average Bonchev–Trinajstić information content (AvgIpc) is 2.86. The Morgan fingerprint density at radius 1 is 1.50 bits per heavy atom. The SMILES string of the molecule is COC(=O)c1nn(C2CCCCO2)c2ccc(Cl)cc12. The highest BCUT2D eigenvalue weighted by molar-refractivity contribution is 6.31.